The molecule has 1 amide bonds. The number of hydrogen-bond donors (Lipinski definition) is 0. The Balaban J connectivity index is 1.30. The van der Waals surface area contributed by atoms with Crippen molar-refractivity contribution in [3.05, 3.63) is 60.2 Å². The van der Waals surface area contributed by atoms with E-state index in [-0.39, 0.29) is 34.6 Å². The van der Waals surface area contributed by atoms with Crippen molar-refractivity contribution in [1.29, 1.82) is 0 Å². The number of amides is 1. The molecule has 3 fully saturated rings. The zero-order valence-corrected chi connectivity index (χ0v) is 23.4. The van der Waals surface area contributed by atoms with E-state index in [0.717, 1.165) is 38.0 Å². The molecule has 2 atom stereocenters. The van der Waals surface area contributed by atoms with Crippen molar-refractivity contribution >= 4 is 44.0 Å². The van der Waals surface area contributed by atoms with Crippen LogP contribution in [0.2, 0.25) is 0 Å². The number of rotatable bonds is 7. The minimum Gasteiger partial charge on any atom is -0.372 e. The van der Waals surface area contributed by atoms with Crippen molar-refractivity contribution in [2.45, 2.75) is 57.2 Å². The number of hydrogen-bond acceptors (Lipinski definition) is 5. The first kappa shape index (κ1) is 26.3. The summed E-state index contributed by atoms with van der Waals surface area (Å²) < 4.78 is 24.8. The van der Waals surface area contributed by atoms with E-state index in [1.807, 2.05) is 18.7 Å². The Morgan fingerprint density at radius 2 is 1.62 bits per heavy atom. The number of sulfone groups is 1. The average molecular weight is 540 g/mol. The Kier molecular flexibility index (Phi) is 7.96. The van der Waals surface area contributed by atoms with Gasteiger partial charge in [-0.25, -0.2) is 8.42 Å². The molecule has 0 saturated carbocycles. The van der Waals surface area contributed by atoms with E-state index >= 15 is 0 Å². The lowest BCUT2D eigenvalue weighted by atomic mass is 9.90. The first-order chi connectivity index (χ1) is 17.9. The van der Waals surface area contributed by atoms with Crippen LogP contribution in [0.15, 0.2) is 59.6 Å². The minimum atomic E-state index is -3.09. The Labute approximate surface area is 225 Å². The molecule has 0 bridgehead atoms. The summed E-state index contributed by atoms with van der Waals surface area (Å²) >= 11 is 1.45. The zero-order chi connectivity index (χ0) is 26.0. The Morgan fingerprint density at radius 1 is 0.973 bits per heavy atom. The zero-order valence-electron chi connectivity index (χ0n) is 21.8. The second-order valence-corrected chi connectivity index (χ2v) is 13.9. The van der Waals surface area contributed by atoms with Gasteiger partial charge < -0.3 is 9.80 Å². The van der Waals surface area contributed by atoms with Gasteiger partial charge in [-0.15, -0.1) is 0 Å². The molecule has 6 nitrogen and oxygen atoms in total. The molecule has 3 aliphatic heterocycles. The molecule has 0 radical (unpaired) electrons. The summed E-state index contributed by atoms with van der Waals surface area (Å²) in [5.41, 5.74) is 3.52. The summed E-state index contributed by atoms with van der Waals surface area (Å²) in [7, 11) is -3.09. The van der Waals surface area contributed by atoms with Gasteiger partial charge in [0.1, 0.15) is 0 Å². The number of benzene rings is 2. The summed E-state index contributed by atoms with van der Waals surface area (Å²) in [5, 5.41) is 0.567. The maximum Gasteiger partial charge on any atom is 0.251 e. The standard InChI is InChI=1S/C29H37N3O3S2/c1-3-23(4-2)28(33)30-29-32(26-19-37(34,35)20-27(26)36-29)25-12-10-24(11-13-25)31-16-14-22(15-17-31)18-21-8-6-5-7-9-21/h5-13,22-23,26-27H,3-4,14-20H2,1-2H3. The van der Waals surface area contributed by atoms with Crippen molar-refractivity contribution in [2.24, 2.45) is 16.8 Å². The molecule has 5 rings (SSSR count). The number of piperidine rings is 1. The number of aliphatic imine (C=N–C) groups is 1. The highest BCUT2D eigenvalue weighted by Gasteiger charge is 2.49. The van der Waals surface area contributed by atoms with E-state index in [1.54, 1.807) is 0 Å². The second kappa shape index (κ2) is 11.2. The molecule has 2 aromatic carbocycles. The van der Waals surface area contributed by atoms with Crippen LogP contribution < -0.4 is 9.80 Å². The summed E-state index contributed by atoms with van der Waals surface area (Å²) in [6.45, 7) is 6.10. The maximum absolute atomic E-state index is 12.8. The highest BCUT2D eigenvalue weighted by Crippen LogP contribution is 2.41. The van der Waals surface area contributed by atoms with Gasteiger partial charge >= 0.3 is 0 Å². The molecule has 0 spiro atoms. The second-order valence-electron chi connectivity index (χ2n) is 10.6. The Morgan fingerprint density at radius 3 is 2.27 bits per heavy atom. The number of nitrogens with zero attached hydrogens (tertiary/aromatic N) is 3. The van der Waals surface area contributed by atoms with Crippen LogP contribution in [0.4, 0.5) is 11.4 Å². The average Bonchev–Trinajstić information content (AvgIpc) is 3.36. The van der Waals surface area contributed by atoms with Crippen molar-refractivity contribution in [2.75, 3.05) is 34.4 Å². The molecule has 3 heterocycles. The third kappa shape index (κ3) is 5.90. The van der Waals surface area contributed by atoms with Crippen LogP contribution in [0.25, 0.3) is 0 Å². The Hall–Kier alpha value is -2.32. The quantitative estimate of drug-likeness (QED) is 0.483. The van der Waals surface area contributed by atoms with Crippen molar-refractivity contribution in [3.8, 4) is 0 Å². The lowest BCUT2D eigenvalue weighted by Crippen LogP contribution is -2.38. The predicted octanol–water partition coefficient (Wildman–Crippen LogP) is 5.18. The first-order valence-electron chi connectivity index (χ1n) is 13.5. The van der Waals surface area contributed by atoms with E-state index in [2.05, 4.69) is 64.5 Å². The fourth-order valence-corrected chi connectivity index (χ4v) is 9.78. The van der Waals surface area contributed by atoms with Gasteiger partial charge in [-0.1, -0.05) is 55.9 Å². The number of anilines is 2. The third-order valence-corrected chi connectivity index (χ3v) is 11.3. The summed E-state index contributed by atoms with van der Waals surface area (Å²) in [5.74, 6) is 0.779. The molecule has 3 aliphatic rings. The lowest BCUT2D eigenvalue weighted by Gasteiger charge is -2.34. The van der Waals surface area contributed by atoms with Gasteiger partial charge in [-0.2, -0.15) is 4.99 Å². The van der Waals surface area contributed by atoms with Crippen LogP contribution in [-0.4, -0.2) is 55.4 Å². The molecule has 198 valence electrons. The van der Waals surface area contributed by atoms with Crippen LogP contribution in [0.1, 0.15) is 45.1 Å². The van der Waals surface area contributed by atoms with Gasteiger partial charge in [0.25, 0.3) is 5.91 Å². The molecular formula is C29H37N3O3S2. The van der Waals surface area contributed by atoms with Gasteiger partial charge in [0, 0.05) is 35.6 Å². The van der Waals surface area contributed by atoms with Gasteiger partial charge in [-0.05, 0) is 67.9 Å². The number of carbonyl (C=O) groups excluding carboxylic acids is 1. The van der Waals surface area contributed by atoms with E-state index in [0.29, 0.717) is 11.1 Å². The molecular weight excluding hydrogens is 502 g/mol. The molecule has 2 unspecified atom stereocenters. The third-order valence-electron chi connectivity index (χ3n) is 8.08. The van der Waals surface area contributed by atoms with Crippen molar-refractivity contribution < 1.29 is 13.2 Å². The topological polar surface area (TPSA) is 70.0 Å². The molecule has 2 aromatic rings. The van der Waals surface area contributed by atoms with Crippen LogP contribution in [-0.2, 0) is 21.1 Å². The van der Waals surface area contributed by atoms with E-state index in [1.165, 1.54) is 35.9 Å². The highest BCUT2D eigenvalue weighted by molar-refractivity contribution is 8.16. The van der Waals surface area contributed by atoms with Gasteiger partial charge in [0.2, 0.25) is 0 Å². The van der Waals surface area contributed by atoms with E-state index in [4.69, 9.17) is 0 Å². The van der Waals surface area contributed by atoms with Crippen LogP contribution in [0, 0.1) is 11.8 Å². The van der Waals surface area contributed by atoms with Crippen LogP contribution in [0.5, 0.6) is 0 Å². The maximum atomic E-state index is 12.8. The Bertz CT molecular complexity index is 1220. The van der Waals surface area contributed by atoms with Crippen LogP contribution >= 0.6 is 11.8 Å². The van der Waals surface area contributed by atoms with Crippen LogP contribution in [0.3, 0.4) is 0 Å². The SMILES string of the molecule is CCC(CC)C(=O)N=C1SC2CS(=O)(=O)CC2N1c1ccc(N2CCC(Cc3ccccc3)CC2)cc1. The molecule has 0 N–H and O–H groups in total. The number of amidine groups is 1. The fraction of sp³-hybridized carbons (Fsp3) is 0.517. The summed E-state index contributed by atoms with van der Waals surface area (Å²) in [6, 6.07) is 19.0. The molecule has 3 saturated heterocycles. The molecule has 8 heteroatoms. The molecule has 0 aliphatic carbocycles. The molecule has 37 heavy (non-hydrogen) atoms. The number of fused-ring (bicyclic) bond motifs is 1. The van der Waals surface area contributed by atoms with E-state index in [9.17, 15) is 13.2 Å². The summed E-state index contributed by atoms with van der Waals surface area (Å²) in [6.07, 6.45) is 5.01. The number of thioether (sulfide) groups is 1. The highest BCUT2D eigenvalue weighted by atomic mass is 32.2. The fourth-order valence-electron chi connectivity index (χ4n) is 5.86. The van der Waals surface area contributed by atoms with E-state index < -0.39 is 9.84 Å². The monoisotopic (exact) mass is 539 g/mol. The minimum absolute atomic E-state index is 0.0819. The van der Waals surface area contributed by atoms with Gasteiger partial charge in [0.15, 0.2) is 15.0 Å². The largest absolute Gasteiger partial charge is 0.372 e. The predicted molar refractivity (Wildman–Crippen MR) is 154 cm³/mol. The lowest BCUT2D eigenvalue weighted by molar-refractivity contribution is -0.121. The first-order valence-corrected chi connectivity index (χ1v) is 16.2. The van der Waals surface area contributed by atoms with Gasteiger partial charge in [-0.3, -0.25) is 4.79 Å². The number of carbonyl (C=O) groups is 1. The normalized spacial score (nSPS) is 24.7. The van der Waals surface area contributed by atoms with Crippen molar-refractivity contribution in [1.82, 2.24) is 0 Å². The van der Waals surface area contributed by atoms with Gasteiger partial charge in [0.05, 0.1) is 17.5 Å². The molecule has 0 aromatic heterocycles. The summed E-state index contributed by atoms with van der Waals surface area (Å²) in [4.78, 5) is 21.8. The smallest absolute Gasteiger partial charge is 0.251 e. The van der Waals surface area contributed by atoms with Crippen molar-refractivity contribution in [3.63, 3.8) is 0 Å².